The van der Waals surface area contributed by atoms with E-state index in [-0.39, 0.29) is 11.8 Å². The fraction of sp³-hybridized carbons (Fsp3) is 0.909. The third-order valence-electron chi connectivity index (χ3n) is 3.44. The van der Waals surface area contributed by atoms with E-state index in [2.05, 4.69) is 0 Å². The highest BCUT2D eigenvalue weighted by atomic mass is 35.5. The first-order valence-corrected chi connectivity index (χ1v) is 6.63. The number of nitrogens with zero attached hydrogens (tertiary/aromatic N) is 1. The van der Waals surface area contributed by atoms with Crippen LogP contribution in [0.25, 0.3) is 0 Å². The van der Waals surface area contributed by atoms with Gasteiger partial charge in [-0.2, -0.15) is 0 Å². The second-order valence-corrected chi connectivity index (χ2v) is 5.95. The van der Waals surface area contributed by atoms with Crippen molar-refractivity contribution >= 4 is 29.1 Å². The molecule has 0 aromatic heterocycles. The van der Waals surface area contributed by atoms with Crippen molar-refractivity contribution in [2.75, 3.05) is 19.9 Å². The number of carbonyl (C=O) groups excluding carboxylic acids is 1. The van der Waals surface area contributed by atoms with Crippen LogP contribution in [0.1, 0.15) is 32.1 Å². The van der Waals surface area contributed by atoms with Gasteiger partial charge in [0, 0.05) is 12.5 Å². The van der Waals surface area contributed by atoms with Gasteiger partial charge in [0.2, 0.25) is 0 Å². The first-order chi connectivity index (χ1) is 7.62. The summed E-state index contributed by atoms with van der Waals surface area (Å²) in [5, 5.41) is 0. The largest absolute Gasteiger partial charge is 0.359 e. The monoisotopic (exact) mass is 265 g/mol. The normalized spacial score (nSPS) is 23.8. The Labute approximate surface area is 106 Å². The predicted molar refractivity (Wildman–Crippen MR) is 63.5 cm³/mol. The van der Waals surface area contributed by atoms with Gasteiger partial charge in [-0.1, -0.05) is 42.5 Å². The Kier molecular flexibility index (Phi) is 3.98. The standard InChI is InChI=1S/C11H17Cl2NO2/c12-11(13,9-4-2-1-3-5-9)10(15)14-6-7-16-8-14/h9H,1-8H2. The van der Waals surface area contributed by atoms with Crippen LogP contribution in [0.5, 0.6) is 0 Å². The van der Waals surface area contributed by atoms with Crippen molar-refractivity contribution in [3.8, 4) is 0 Å². The molecule has 0 bridgehead atoms. The molecule has 2 fully saturated rings. The van der Waals surface area contributed by atoms with E-state index in [4.69, 9.17) is 27.9 Å². The van der Waals surface area contributed by atoms with E-state index in [1.807, 2.05) is 0 Å². The van der Waals surface area contributed by atoms with Gasteiger partial charge in [-0.05, 0) is 12.8 Å². The summed E-state index contributed by atoms with van der Waals surface area (Å²) in [5.74, 6) is -0.0853. The molecule has 2 aliphatic rings. The molecule has 1 saturated heterocycles. The first-order valence-electron chi connectivity index (χ1n) is 5.87. The summed E-state index contributed by atoms with van der Waals surface area (Å²) in [5.41, 5.74) is 0. The fourth-order valence-electron chi connectivity index (χ4n) is 2.42. The molecular formula is C11H17Cl2NO2. The van der Waals surface area contributed by atoms with Gasteiger partial charge in [0.05, 0.1) is 6.61 Å². The predicted octanol–water partition coefficient (Wildman–Crippen LogP) is 2.56. The molecule has 0 unspecified atom stereocenters. The third-order valence-corrected chi connectivity index (χ3v) is 4.38. The Morgan fingerprint density at radius 3 is 2.50 bits per heavy atom. The van der Waals surface area contributed by atoms with Crippen molar-refractivity contribution in [1.29, 1.82) is 0 Å². The van der Waals surface area contributed by atoms with Crippen molar-refractivity contribution in [2.45, 2.75) is 36.4 Å². The average molecular weight is 266 g/mol. The summed E-state index contributed by atoms with van der Waals surface area (Å²) in [4.78, 5) is 13.8. The molecule has 1 saturated carbocycles. The maximum atomic E-state index is 12.1. The number of amides is 1. The fourth-order valence-corrected chi connectivity index (χ4v) is 3.10. The Morgan fingerprint density at radius 2 is 1.94 bits per heavy atom. The molecule has 2 rings (SSSR count). The Balaban J connectivity index is 2.01. The van der Waals surface area contributed by atoms with Crippen LogP contribution < -0.4 is 0 Å². The maximum Gasteiger partial charge on any atom is 0.261 e. The van der Waals surface area contributed by atoms with Crippen LogP contribution in [0.15, 0.2) is 0 Å². The molecule has 0 atom stereocenters. The lowest BCUT2D eigenvalue weighted by Gasteiger charge is -2.33. The summed E-state index contributed by atoms with van der Waals surface area (Å²) in [6, 6.07) is 0. The van der Waals surface area contributed by atoms with Crippen LogP contribution >= 0.6 is 23.2 Å². The van der Waals surface area contributed by atoms with Gasteiger partial charge in [0.1, 0.15) is 6.73 Å². The summed E-state index contributed by atoms with van der Waals surface area (Å²) < 4.78 is 3.89. The topological polar surface area (TPSA) is 29.5 Å². The lowest BCUT2D eigenvalue weighted by Crippen LogP contribution is -2.46. The Hall–Kier alpha value is 0.01000. The average Bonchev–Trinajstić information content (AvgIpc) is 2.82. The van der Waals surface area contributed by atoms with Crippen molar-refractivity contribution < 1.29 is 9.53 Å². The van der Waals surface area contributed by atoms with Gasteiger partial charge in [-0.15, -0.1) is 0 Å². The SMILES string of the molecule is O=C(N1CCOC1)C(Cl)(Cl)C1CCCCC1. The molecule has 1 heterocycles. The van der Waals surface area contributed by atoms with Crippen molar-refractivity contribution in [3.05, 3.63) is 0 Å². The Morgan fingerprint density at radius 1 is 1.25 bits per heavy atom. The number of alkyl halides is 2. The second-order valence-electron chi connectivity index (χ2n) is 4.56. The highest BCUT2D eigenvalue weighted by Gasteiger charge is 2.45. The van der Waals surface area contributed by atoms with E-state index in [9.17, 15) is 4.79 Å². The summed E-state index contributed by atoms with van der Waals surface area (Å²) in [6.45, 7) is 1.51. The zero-order valence-electron chi connectivity index (χ0n) is 9.25. The zero-order chi connectivity index (χ0) is 11.6. The van der Waals surface area contributed by atoms with Crippen LogP contribution in [0, 0.1) is 5.92 Å². The van der Waals surface area contributed by atoms with Crippen LogP contribution in [0.2, 0.25) is 0 Å². The molecule has 1 aliphatic heterocycles. The first kappa shape index (κ1) is 12.5. The minimum atomic E-state index is -1.26. The van der Waals surface area contributed by atoms with Gasteiger partial charge in [0.25, 0.3) is 5.91 Å². The number of hydrogen-bond acceptors (Lipinski definition) is 2. The highest BCUT2D eigenvalue weighted by molar-refractivity contribution is 6.58. The number of hydrogen-bond donors (Lipinski definition) is 0. The minimum absolute atomic E-state index is 0.0951. The zero-order valence-corrected chi connectivity index (χ0v) is 10.8. The number of halogens is 2. The molecule has 0 aromatic carbocycles. The van der Waals surface area contributed by atoms with Crippen molar-refractivity contribution in [3.63, 3.8) is 0 Å². The van der Waals surface area contributed by atoms with E-state index in [1.54, 1.807) is 4.90 Å². The van der Waals surface area contributed by atoms with E-state index in [0.717, 1.165) is 25.7 Å². The molecule has 1 aliphatic carbocycles. The lowest BCUT2D eigenvalue weighted by molar-refractivity contribution is -0.133. The number of rotatable bonds is 2. The molecule has 0 aromatic rings. The smallest absolute Gasteiger partial charge is 0.261 e. The van der Waals surface area contributed by atoms with Crippen LogP contribution in [0.4, 0.5) is 0 Å². The van der Waals surface area contributed by atoms with Gasteiger partial charge in [0.15, 0.2) is 4.33 Å². The summed E-state index contributed by atoms with van der Waals surface area (Å²) in [6.07, 6.45) is 5.37. The number of carbonyl (C=O) groups is 1. The van der Waals surface area contributed by atoms with Crippen molar-refractivity contribution in [1.82, 2.24) is 4.90 Å². The molecule has 0 N–H and O–H groups in total. The minimum Gasteiger partial charge on any atom is -0.359 e. The highest BCUT2D eigenvalue weighted by Crippen LogP contribution is 2.41. The van der Waals surface area contributed by atoms with E-state index < -0.39 is 4.33 Å². The summed E-state index contributed by atoms with van der Waals surface area (Å²) in [7, 11) is 0. The summed E-state index contributed by atoms with van der Waals surface area (Å²) >= 11 is 12.5. The van der Waals surface area contributed by atoms with Gasteiger partial charge < -0.3 is 9.64 Å². The molecule has 0 spiro atoms. The lowest BCUT2D eigenvalue weighted by atomic mass is 9.86. The molecule has 92 valence electrons. The van der Waals surface area contributed by atoms with Gasteiger partial charge in [-0.25, -0.2) is 0 Å². The Bertz CT molecular complexity index is 259. The van der Waals surface area contributed by atoms with Crippen molar-refractivity contribution in [2.24, 2.45) is 5.92 Å². The second kappa shape index (κ2) is 5.11. The quantitative estimate of drug-likeness (QED) is 0.719. The molecule has 0 radical (unpaired) electrons. The molecule has 1 amide bonds. The molecular weight excluding hydrogens is 249 g/mol. The molecule has 16 heavy (non-hydrogen) atoms. The number of ether oxygens (including phenoxy) is 1. The van der Waals surface area contributed by atoms with Crippen LogP contribution in [-0.2, 0) is 9.53 Å². The molecule has 5 heteroatoms. The van der Waals surface area contributed by atoms with Gasteiger partial charge >= 0.3 is 0 Å². The molecule has 3 nitrogen and oxygen atoms in total. The maximum absolute atomic E-state index is 12.1. The van der Waals surface area contributed by atoms with E-state index in [1.165, 1.54) is 6.42 Å². The third kappa shape index (κ3) is 2.47. The van der Waals surface area contributed by atoms with E-state index >= 15 is 0 Å². The van der Waals surface area contributed by atoms with Crippen LogP contribution in [0.3, 0.4) is 0 Å². The van der Waals surface area contributed by atoms with Gasteiger partial charge in [-0.3, -0.25) is 4.79 Å². The van der Waals surface area contributed by atoms with Crippen LogP contribution in [-0.4, -0.2) is 35.0 Å². The van der Waals surface area contributed by atoms with E-state index in [0.29, 0.717) is 19.9 Å².